The molecule has 3 fully saturated rings. The quantitative estimate of drug-likeness (QED) is 0.0671. The molecule has 4 aromatic rings. The second-order valence-electron chi connectivity index (χ2n) is 18.1. The van der Waals surface area contributed by atoms with Crippen molar-refractivity contribution in [2.24, 2.45) is 17.6 Å². The first-order valence-electron chi connectivity index (χ1n) is 22.7. The highest BCUT2D eigenvalue weighted by Crippen LogP contribution is 2.38. The molecule has 350 valence electrons. The molecule has 5 atom stereocenters. The lowest BCUT2D eigenvalue weighted by molar-refractivity contribution is -0.139. The summed E-state index contributed by atoms with van der Waals surface area (Å²) in [7, 11) is -1.99. The minimum Gasteiger partial charge on any atom is -0.496 e. The predicted octanol–water partition coefficient (Wildman–Crippen LogP) is 6.13. The summed E-state index contributed by atoms with van der Waals surface area (Å²) in [5, 5.41) is 13.9. The van der Waals surface area contributed by atoms with Crippen LogP contribution in [0.3, 0.4) is 0 Å². The summed E-state index contributed by atoms with van der Waals surface area (Å²) < 4.78 is 40.9. The lowest BCUT2D eigenvalue weighted by Gasteiger charge is -2.28. The Labute approximate surface area is 384 Å². The number of benzene rings is 1. The van der Waals surface area contributed by atoms with E-state index in [4.69, 9.17) is 25.2 Å². The molecule has 0 radical (unpaired) electrons. The maximum atomic E-state index is 14.6. The average Bonchev–Trinajstić information content (AvgIpc) is 3.66. The number of rotatable bonds is 20. The number of aryl methyl sites for hydroxylation is 1. The molecule has 65 heavy (non-hydrogen) atoms. The Morgan fingerprint density at radius 1 is 1.03 bits per heavy atom. The number of primary amides is 1. The summed E-state index contributed by atoms with van der Waals surface area (Å²) >= 11 is 1.49. The van der Waals surface area contributed by atoms with E-state index in [2.05, 4.69) is 34.2 Å². The third-order valence-corrected chi connectivity index (χ3v) is 15.3. The van der Waals surface area contributed by atoms with Gasteiger partial charge in [0, 0.05) is 40.8 Å². The van der Waals surface area contributed by atoms with E-state index in [9.17, 15) is 27.6 Å². The second kappa shape index (κ2) is 20.4. The Morgan fingerprint density at radius 2 is 1.82 bits per heavy atom. The minimum atomic E-state index is -3.59. The SMILES string of the molecule is COc1ccc2c(OC3C[C@@H](C(N)=O)N(C(=O)[C@H](CCCCC/C=C\[C@@H]4CCCC4C(=O)NS(=O)(=O)C4CC4)NC(=O)c4cnnn4C(C)C)C3)cc(-c3nc(C(C)C)cs3)nc2c1C. The first kappa shape index (κ1) is 47.5. The number of amides is 4. The molecule has 3 aromatic heterocycles. The van der Waals surface area contributed by atoms with Crippen molar-refractivity contribution in [3.8, 4) is 22.2 Å². The van der Waals surface area contributed by atoms with Gasteiger partial charge < -0.3 is 25.4 Å². The van der Waals surface area contributed by atoms with Crippen molar-refractivity contribution in [2.75, 3.05) is 13.7 Å². The van der Waals surface area contributed by atoms with Crippen LogP contribution in [0, 0.1) is 18.8 Å². The molecule has 1 aromatic carbocycles. The van der Waals surface area contributed by atoms with Gasteiger partial charge in [0.15, 0.2) is 0 Å². The monoisotopic (exact) mass is 931 g/mol. The van der Waals surface area contributed by atoms with Crippen molar-refractivity contribution in [1.29, 1.82) is 0 Å². The number of thiazole rings is 1. The first-order chi connectivity index (χ1) is 31.1. The zero-order valence-corrected chi connectivity index (χ0v) is 39.6. The molecule has 3 aliphatic rings. The molecule has 17 nitrogen and oxygen atoms in total. The third kappa shape index (κ3) is 11.0. The van der Waals surface area contributed by atoms with E-state index in [1.165, 1.54) is 27.1 Å². The third-order valence-electron chi connectivity index (χ3n) is 12.6. The molecule has 19 heteroatoms. The maximum Gasteiger partial charge on any atom is 0.271 e. The number of allylic oxidation sites excluding steroid dienone is 2. The average molecular weight is 932 g/mol. The molecule has 1 saturated heterocycles. The van der Waals surface area contributed by atoms with Gasteiger partial charge in [0.05, 0.1) is 36.3 Å². The molecular weight excluding hydrogens is 871 g/mol. The summed E-state index contributed by atoms with van der Waals surface area (Å²) in [6.45, 7) is 9.89. The summed E-state index contributed by atoms with van der Waals surface area (Å²) in [5.41, 5.74) is 9.26. The molecule has 7 rings (SSSR count). The van der Waals surface area contributed by atoms with Crippen LogP contribution in [0.5, 0.6) is 11.5 Å². The van der Waals surface area contributed by atoms with Crippen LogP contribution in [0.4, 0.5) is 0 Å². The molecule has 1 aliphatic heterocycles. The van der Waals surface area contributed by atoms with Crippen LogP contribution in [0.2, 0.25) is 0 Å². The standard InChI is InChI=1S/C46H61N9O8S2/c1-26(2)36-25-64-45(51-36)35-22-40(33-19-20-39(62-6)28(5)41(33)49-35)63-30-21-37(42(47)56)54(24-30)46(59)34(50-44(58)38-23-48-53-55(38)27(3)4)16-11-9-7-8-10-13-29-14-12-15-32(29)43(57)52-65(60,61)31-17-18-31/h10,13,19-20,22-23,25-27,29-32,34,37H,7-9,11-12,14-18,21,24H2,1-6H3,(H2,47,56)(H,50,58)(H,52,57)/b13-10-/t29-,30?,32?,34+,37+/m1/s1. The van der Waals surface area contributed by atoms with E-state index in [-0.39, 0.29) is 48.9 Å². The van der Waals surface area contributed by atoms with E-state index >= 15 is 0 Å². The van der Waals surface area contributed by atoms with Gasteiger partial charge in [-0.3, -0.25) is 23.9 Å². The van der Waals surface area contributed by atoms with E-state index in [0.717, 1.165) is 53.8 Å². The minimum absolute atomic E-state index is 0.0234. The zero-order valence-electron chi connectivity index (χ0n) is 38.0. The van der Waals surface area contributed by atoms with Gasteiger partial charge in [0.2, 0.25) is 27.7 Å². The molecule has 4 amide bonds. The molecule has 2 unspecified atom stereocenters. The van der Waals surface area contributed by atoms with Gasteiger partial charge in [0.25, 0.3) is 5.91 Å². The summed E-state index contributed by atoms with van der Waals surface area (Å²) in [5.74, 6) is -1.03. The number of aromatic nitrogens is 5. The Kier molecular flexibility index (Phi) is 14.9. The number of carbonyl (C=O) groups excluding carboxylic acids is 4. The van der Waals surface area contributed by atoms with Gasteiger partial charge in [-0.1, -0.05) is 50.5 Å². The van der Waals surface area contributed by atoms with Crippen LogP contribution in [0.25, 0.3) is 21.6 Å². The van der Waals surface area contributed by atoms with Gasteiger partial charge in [-0.15, -0.1) is 16.4 Å². The largest absolute Gasteiger partial charge is 0.496 e. The van der Waals surface area contributed by atoms with Gasteiger partial charge in [-0.25, -0.2) is 23.1 Å². The Bertz CT molecular complexity index is 2530. The fourth-order valence-electron chi connectivity index (χ4n) is 8.81. The van der Waals surface area contributed by atoms with Crippen molar-refractivity contribution in [1.82, 2.24) is 39.9 Å². The van der Waals surface area contributed by atoms with Gasteiger partial charge in [-0.2, -0.15) is 0 Å². The van der Waals surface area contributed by atoms with Crippen LogP contribution < -0.4 is 25.2 Å². The normalized spacial score (nSPS) is 20.5. The van der Waals surface area contributed by atoms with Crippen LogP contribution >= 0.6 is 11.3 Å². The maximum absolute atomic E-state index is 14.6. The van der Waals surface area contributed by atoms with E-state index < -0.39 is 57.1 Å². The van der Waals surface area contributed by atoms with Crippen molar-refractivity contribution >= 4 is 55.9 Å². The van der Waals surface area contributed by atoms with Gasteiger partial charge in [0.1, 0.15) is 46.1 Å². The highest BCUT2D eigenvalue weighted by molar-refractivity contribution is 7.90. The number of ether oxygens (including phenoxy) is 2. The van der Waals surface area contributed by atoms with Crippen molar-refractivity contribution in [3.63, 3.8) is 0 Å². The number of likely N-dealkylation sites (tertiary alicyclic amines) is 1. The van der Waals surface area contributed by atoms with Crippen LogP contribution in [0.15, 0.2) is 41.9 Å². The number of pyridine rings is 1. The van der Waals surface area contributed by atoms with Crippen molar-refractivity contribution in [3.05, 3.63) is 58.9 Å². The Balaban J connectivity index is 1.05. The molecule has 2 aliphatic carbocycles. The first-order valence-corrected chi connectivity index (χ1v) is 25.1. The lowest BCUT2D eigenvalue weighted by atomic mass is 9.94. The van der Waals surface area contributed by atoms with Crippen molar-refractivity contribution in [2.45, 2.75) is 141 Å². The van der Waals surface area contributed by atoms with Crippen LogP contribution in [0.1, 0.15) is 132 Å². The van der Waals surface area contributed by atoms with E-state index in [1.54, 1.807) is 7.11 Å². The number of methoxy groups -OCH3 is 1. The molecular formula is C46H61N9O8S2. The van der Waals surface area contributed by atoms with E-state index in [1.807, 2.05) is 56.5 Å². The number of fused-ring (bicyclic) bond motifs is 1. The number of nitrogens with zero attached hydrogens (tertiary/aromatic N) is 6. The zero-order chi connectivity index (χ0) is 46.6. The number of nitrogens with one attached hydrogen (secondary N) is 2. The molecule has 4 heterocycles. The number of hydrogen-bond donors (Lipinski definition) is 3. The fourth-order valence-corrected chi connectivity index (χ4v) is 11.1. The van der Waals surface area contributed by atoms with Crippen molar-refractivity contribution < 1.29 is 37.1 Å². The predicted molar refractivity (Wildman–Crippen MR) is 247 cm³/mol. The van der Waals surface area contributed by atoms with Crippen LogP contribution in [-0.4, -0.2) is 99.0 Å². The molecule has 0 bridgehead atoms. The highest BCUT2D eigenvalue weighted by atomic mass is 32.2. The lowest BCUT2D eigenvalue weighted by Crippen LogP contribution is -2.53. The van der Waals surface area contributed by atoms with Crippen LogP contribution in [-0.2, 0) is 24.4 Å². The molecule has 0 spiro atoms. The molecule has 4 N–H and O–H groups in total. The topological polar surface area (TPSA) is 231 Å². The number of hydrogen-bond acceptors (Lipinski definition) is 13. The Morgan fingerprint density at radius 3 is 2.51 bits per heavy atom. The number of unbranched alkanes of at least 4 members (excludes halogenated alkanes) is 3. The summed E-state index contributed by atoms with van der Waals surface area (Å²) in [6.07, 6.45) is 11.6. The number of sulfonamides is 1. The Hall–Kier alpha value is -5.43. The van der Waals surface area contributed by atoms with Gasteiger partial charge >= 0.3 is 0 Å². The summed E-state index contributed by atoms with van der Waals surface area (Å²) in [4.78, 5) is 65.6. The van der Waals surface area contributed by atoms with Gasteiger partial charge in [-0.05, 0) is 89.7 Å². The highest BCUT2D eigenvalue weighted by Gasteiger charge is 2.43. The fraction of sp³-hybridized carbons (Fsp3) is 0.565. The second-order valence-corrected chi connectivity index (χ2v) is 20.9. The number of nitrogens with two attached hydrogens (primary N) is 1. The smallest absolute Gasteiger partial charge is 0.271 e. The summed E-state index contributed by atoms with van der Waals surface area (Å²) in [6, 6.07) is 3.43. The number of carbonyl (C=O) groups is 4. The molecule has 2 saturated carbocycles. The van der Waals surface area contributed by atoms with E-state index in [0.29, 0.717) is 48.4 Å².